The van der Waals surface area contributed by atoms with Gasteiger partial charge in [0.1, 0.15) is 24.7 Å². The lowest BCUT2D eigenvalue weighted by Gasteiger charge is -2.13. The van der Waals surface area contributed by atoms with Gasteiger partial charge in [0, 0.05) is 11.8 Å². The van der Waals surface area contributed by atoms with Crippen molar-refractivity contribution < 1.29 is 14.3 Å². The molecule has 0 bridgehead atoms. The second-order valence-corrected chi connectivity index (χ2v) is 6.30. The predicted octanol–water partition coefficient (Wildman–Crippen LogP) is 4.88. The molecule has 0 saturated carbocycles. The highest BCUT2D eigenvalue weighted by atomic mass is 16.5. The Morgan fingerprint density at radius 1 is 0.931 bits per heavy atom. The number of hydrogen-bond acceptors (Lipinski definition) is 4. The highest BCUT2D eigenvalue weighted by molar-refractivity contribution is 5.95. The van der Waals surface area contributed by atoms with Gasteiger partial charge in [0.2, 0.25) is 5.91 Å². The van der Waals surface area contributed by atoms with E-state index in [4.69, 9.17) is 9.47 Å². The van der Waals surface area contributed by atoms with Gasteiger partial charge in [-0.3, -0.25) is 4.79 Å². The van der Waals surface area contributed by atoms with E-state index in [1.165, 1.54) is 0 Å². The molecule has 0 heterocycles. The van der Waals surface area contributed by atoms with Crippen LogP contribution < -0.4 is 20.1 Å². The molecule has 3 aromatic carbocycles. The minimum Gasteiger partial charge on any atom is -0.489 e. The highest BCUT2D eigenvalue weighted by Crippen LogP contribution is 2.25. The summed E-state index contributed by atoms with van der Waals surface area (Å²) in [6, 6.07) is 24.7. The molecule has 1 amide bonds. The van der Waals surface area contributed by atoms with Crippen molar-refractivity contribution in [3.63, 3.8) is 0 Å². The monoisotopic (exact) mass is 388 g/mol. The van der Waals surface area contributed by atoms with E-state index < -0.39 is 0 Å². The van der Waals surface area contributed by atoms with Crippen LogP contribution in [-0.4, -0.2) is 19.1 Å². The molecule has 2 N–H and O–H groups in total. The topological polar surface area (TPSA) is 59.6 Å². The molecule has 0 spiro atoms. The van der Waals surface area contributed by atoms with Crippen LogP contribution in [0.25, 0.3) is 0 Å². The molecule has 0 unspecified atom stereocenters. The van der Waals surface area contributed by atoms with Gasteiger partial charge in [0.15, 0.2) is 0 Å². The summed E-state index contributed by atoms with van der Waals surface area (Å²) in [5.74, 6) is 1.18. The van der Waals surface area contributed by atoms with Crippen molar-refractivity contribution in [3.05, 3.63) is 97.1 Å². The molecule has 148 valence electrons. The van der Waals surface area contributed by atoms with Crippen LogP contribution >= 0.6 is 0 Å². The zero-order valence-corrected chi connectivity index (χ0v) is 16.1. The molecule has 3 aromatic rings. The molecule has 3 rings (SSSR count). The van der Waals surface area contributed by atoms with Crippen LogP contribution in [0.2, 0.25) is 0 Å². The third-order valence-corrected chi connectivity index (χ3v) is 4.05. The third kappa shape index (κ3) is 6.43. The maximum Gasteiger partial charge on any atom is 0.243 e. The van der Waals surface area contributed by atoms with Crippen molar-refractivity contribution in [2.45, 2.75) is 6.61 Å². The Balaban J connectivity index is 1.55. The van der Waals surface area contributed by atoms with Gasteiger partial charge in [-0.05, 0) is 29.8 Å². The number of anilines is 2. The smallest absolute Gasteiger partial charge is 0.243 e. The quantitative estimate of drug-likeness (QED) is 0.486. The lowest BCUT2D eigenvalue weighted by atomic mass is 10.2. The first-order valence-electron chi connectivity index (χ1n) is 9.38. The number of nitrogens with one attached hydrogen (secondary N) is 2. The Bertz CT molecular complexity index is 942. The summed E-state index contributed by atoms with van der Waals surface area (Å²) in [6.45, 7) is 4.62. The van der Waals surface area contributed by atoms with Crippen LogP contribution in [0.5, 0.6) is 11.5 Å². The molecule has 0 radical (unpaired) electrons. The van der Waals surface area contributed by atoms with Gasteiger partial charge >= 0.3 is 0 Å². The average molecular weight is 388 g/mol. The van der Waals surface area contributed by atoms with E-state index in [1.54, 1.807) is 6.08 Å². The fraction of sp³-hybridized carbons (Fsp3) is 0.125. The van der Waals surface area contributed by atoms with E-state index in [0.29, 0.717) is 24.7 Å². The van der Waals surface area contributed by atoms with Crippen LogP contribution in [0.1, 0.15) is 5.56 Å². The number of ether oxygens (including phenoxy) is 2. The standard InChI is InChI=1S/C24H24N2O3/c1-2-15-28-21-12-8-11-20(16-21)25-17-24(27)26-22-13-6-7-14-23(22)29-18-19-9-4-3-5-10-19/h2-14,16,25H,1,15,17-18H2,(H,26,27). The van der Waals surface area contributed by atoms with Gasteiger partial charge < -0.3 is 20.1 Å². The number of carbonyl (C=O) groups excluding carboxylic acids is 1. The summed E-state index contributed by atoms with van der Waals surface area (Å²) < 4.78 is 11.4. The summed E-state index contributed by atoms with van der Waals surface area (Å²) in [7, 11) is 0. The maximum absolute atomic E-state index is 12.4. The molecule has 0 atom stereocenters. The van der Waals surface area contributed by atoms with Crippen molar-refractivity contribution in [1.82, 2.24) is 0 Å². The fourth-order valence-corrected chi connectivity index (χ4v) is 2.66. The Hall–Kier alpha value is -3.73. The normalized spacial score (nSPS) is 10.1. The van der Waals surface area contributed by atoms with E-state index in [9.17, 15) is 4.79 Å². The molecule has 0 fully saturated rings. The largest absolute Gasteiger partial charge is 0.489 e. The minimum absolute atomic E-state index is 0.123. The summed E-state index contributed by atoms with van der Waals surface area (Å²) >= 11 is 0. The number of amides is 1. The number of carbonyl (C=O) groups is 1. The number of rotatable bonds is 10. The summed E-state index contributed by atoms with van der Waals surface area (Å²) in [5, 5.41) is 6.00. The van der Waals surface area contributed by atoms with E-state index in [2.05, 4.69) is 17.2 Å². The van der Waals surface area contributed by atoms with Gasteiger partial charge in [-0.1, -0.05) is 61.2 Å². The lowest BCUT2D eigenvalue weighted by molar-refractivity contribution is -0.114. The van der Waals surface area contributed by atoms with Crippen LogP contribution in [-0.2, 0) is 11.4 Å². The first-order chi connectivity index (χ1) is 14.2. The van der Waals surface area contributed by atoms with E-state index in [0.717, 1.165) is 17.0 Å². The predicted molar refractivity (Wildman–Crippen MR) is 116 cm³/mol. The maximum atomic E-state index is 12.4. The van der Waals surface area contributed by atoms with Crippen LogP contribution in [0.4, 0.5) is 11.4 Å². The van der Waals surface area contributed by atoms with E-state index in [1.807, 2.05) is 78.9 Å². The molecule has 0 saturated heterocycles. The van der Waals surface area contributed by atoms with Crippen LogP contribution in [0, 0.1) is 0 Å². The SMILES string of the molecule is C=CCOc1cccc(NCC(=O)Nc2ccccc2OCc2ccccc2)c1. The first-order valence-corrected chi connectivity index (χ1v) is 9.38. The van der Waals surface area contributed by atoms with Crippen molar-refractivity contribution >= 4 is 17.3 Å². The van der Waals surface area contributed by atoms with Crippen LogP contribution in [0.15, 0.2) is 91.5 Å². The van der Waals surface area contributed by atoms with Crippen molar-refractivity contribution in [2.24, 2.45) is 0 Å². The second-order valence-electron chi connectivity index (χ2n) is 6.30. The molecule has 0 aliphatic carbocycles. The first kappa shape index (κ1) is 20.0. The molecule has 5 heteroatoms. The third-order valence-electron chi connectivity index (χ3n) is 4.05. The van der Waals surface area contributed by atoms with Gasteiger partial charge in [-0.25, -0.2) is 0 Å². The average Bonchev–Trinajstić information content (AvgIpc) is 2.77. The molecule has 0 aromatic heterocycles. The Kier molecular flexibility index (Phi) is 7.29. The Morgan fingerprint density at radius 3 is 2.55 bits per heavy atom. The van der Waals surface area contributed by atoms with Gasteiger partial charge in [-0.2, -0.15) is 0 Å². The number of para-hydroxylation sites is 2. The van der Waals surface area contributed by atoms with E-state index in [-0.39, 0.29) is 12.5 Å². The van der Waals surface area contributed by atoms with E-state index >= 15 is 0 Å². The van der Waals surface area contributed by atoms with Crippen LogP contribution in [0.3, 0.4) is 0 Å². The Morgan fingerprint density at radius 2 is 1.72 bits per heavy atom. The molecule has 0 aliphatic heterocycles. The van der Waals surface area contributed by atoms with Gasteiger partial charge in [0.25, 0.3) is 0 Å². The van der Waals surface area contributed by atoms with Crippen molar-refractivity contribution in [3.8, 4) is 11.5 Å². The minimum atomic E-state index is -0.168. The summed E-state index contributed by atoms with van der Waals surface area (Å²) in [5.41, 5.74) is 2.50. The number of hydrogen-bond donors (Lipinski definition) is 2. The molecular weight excluding hydrogens is 364 g/mol. The van der Waals surface area contributed by atoms with Gasteiger partial charge in [-0.15, -0.1) is 0 Å². The highest BCUT2D eigenvalue weighted by Gasteiger charge is 2.08. The zero-order chi connectivity index (χ0) is 20.3. The zero-order valence-electron chi connectivity index (χ0n) is 16.1. The van der Waals surface area contributed by atoms with Crippen molar-refractivity contribution in [2.75, 3.05) is 23.8 Å². The second kappa shape index (κ2) is 10.6. The molecule has 0 aliphatic rings. The fourth-order valence-electron chi connectivity index (χ4n) is 2.66. The molecular formula is C24H24N2O3. The molecule has 29 heavy (non-hydrogen) atoms. The molecule has 5 nitrogen and oxygen atoms in total. The summed E-state index contributed by atoms with van der Waals surface area (Å²) in [4.78, 5) is 12.4. The van der Waals surface area contributed by atoms with Gasteiger partial charge in [0.05, 0.1) is 12.2 Å². The van der Waals surface area contributed by atoms with Crippen molar-refractivity contribution in [1.29, 1.82) is 0 Å². The Labute approximate surface area is 171 Å². The lowest BCUT2D eigenvalue weighted by Crippen LogP contribution is -2.22. The number of benzene rings is 3. The summed E-state index contributed by atoms with van der Waals surface area (Å²) in [6.07, 6.45) is 1.69.